The largest absolute Gasteiger partial charge is 0.493 e. The van der Waals surface area contributed by atoms with Crippen molar-refractivity contribution in [2.45, 2.75) is 46.7 Å². The minimum Gasteiger partial charge on any atom is -0.493 e. The molecule has 0 aliphatic rings. The number of nitrogens with two attached hydrogens (primary N) is 1. The predicted octanol–water partition coefficient (Wildman–Crippen LogP) is 4.07. The molecular weight excluding hydrogens is 588 g/mol. The van der Waals surface area contributed by atoms with Crippen molar-refractivity contribution in [1.82, 2.24) is 24.3 Å². The SMILES string of the molecule is CCOC(=O)COc1cccc(CN(CCCn2c(CCOC)nc3c(N)nc4ccccc4c32)C(=O)CN(CC)CC)c1OC. The Hall–Kier alpha value is -4.42. The molecule has 0 atom stereocenters. The number of likely N-dealkylation sites (N-methyl/N-ethyl adjacent to an activating group) is 1. The third kappa shape index (κ3) is 8.24. The highest BCUT2D eigenvalue weighted by atomic mass is 16.6. The van der Waals surface area contributed by atoms with Crippen molar-refractivity contribution >= 4 is 39.6 Å². The van der Waals surface area contributed by atoms with Crippen molar-refractivity contribution in [2.75, 3.05) is 66.0 Å². The number of pyridine rings is 1. The molecule has 2 heterocycles. The number of hydrogen-bond acceptors (Lipinski definition) is 10. The molecular formula is C34H46N6O6. The molecule has 1 amide bonds. The van der Waals surface area contributed by atoms with Gasteiger partial charge in [-0.1, -0.05) is 44.2 Å². The number of nitrogens with zero attached hydrogens (tertiary/aromatic N) is 5. The van der Waals surface area contributed by atoms with Crippen LogP contribution in [0.3, 0.4) is 0 Å². The molecule has 4 aromatic rings. The normalized spacial score (nSPS) is 11.3. The molecule has 2 aromatic carbocycles. The summed E-state index contributed by atoms with van der Waals surface area (Å²) < 4.78 is 24.0. The number of carbonyl (C=O) groups is 2. The fourth-order valence-electron chi connectivity index (χ4n) is 5.56. The van der Waals surface area contributed by atoms with Gasteiger partial charge in [-0.15, -0.1) is 0 Å². The maximum Gasteiger partial charge on any atom is 0.344 e. The quantitative estimate of drug-likeness (QED) is 0.160. The summed E-state index contributed by atoms with van der Waals surface area (Å²) in [6.07, 6.45) is 1.27. The zero-order chi connectivity index (χ0) is 33.1. The van der Waals surface area contributed by atoms with E-state index in [1.807, 2.05) is 55.1 Å². The highest BCUT2D eigenvalue weighted by Crippen LogP contribution is 2.33. The lowest BCUT2D eigenvalue weighted by molar-refractivity contribution is -0.145. The van der Waals surface area contributed by atoms with E-state index in [4.69, 9.17) is 29.7 Å². The van der Waals surface area contributed by atoms with Gasteiger partial charge in [0, 0.05) is 44.1 Å². The van der Waals surface area contributed by atoms with Gasteiger partial charge in [0.25, 0.3) is 0 Å². The van der Waals surface area contributed by atoms with Crippen LogP contribution < -0.4 is 15.2 Å². The van der Waals surface area contributed by atoms with Crippen LogP contribution in [0.25, 0.3) is 21.9 Å². The number of methoxy groups -OCH3 is 2. The van der Waals surface area contributed by atoms with E-state index in [0.29, 0.717) is 68.5 Å². The molecule has 4 rings (SSSR count). The summed E-state index contributed by atoms with van der Waals surface area (Å²) >= 11 is 0. The summed E-state index contributed by atoms with van der Waals surface area (Å²) in [5, 5.41) is 0.974. The van der Waals surface area contributed by atoms with E-state index >= 15 is 0 Å². The van der Waals surface area contributed by atoms with Crippen molar-refractivity contribution in [3.8, 4) is 11.5 Å². The Morgan fingerprint density at radius 2 is 1.78 bits per heavy atom. The van der Waals surface area contributed by atoms with E-state index in [-0.39, 0.29) is 19.1 Å². The second kappa shape index (κ2) is 16.8. The predicted molar refractivity (Wildman–Crippen MR) is 178 cm³/mol. The lowest BCUT2D eigenvalue weighted by Crippen LogP contribution is -2.40. The number of anilines is 1. The Bertz CT molecular complexity index is 1620. The fourth-order valence-corrected chi connectivity index (χ4v) is 5.56. The van der Waals surface area contributed by atoms with Gasteiger partial charge >= 0.3 is 5.97 Å². The van der Waals surface area contributed by atoms with Crippen LogP contribution in [0.5, 0.6) is 11.5 Å². The van der Waals surface area contributed by atoms with Crippen molar-refractivity contribution in [2.24, 2.45) is 0 Å². The number of aromatic nitrogens is 3. The molecule has 0 aliphatic heterocycles. The molecule has 0 bridgehead atoms. The topological polar surface area (TPSA) is 134 Å². The fraction of sp³-hybridized carbons (Fsp3) is 0.471. The number of ether oxygens (including phenoxy) is 4. The van der Waals surface area contributed by atoms with Gasteiger partial charge in [0.2, 0.25) is 5.91 Å². The lowest BCUT2D eigenvalue weighted by Gasteiger charge is -2.27. The number of amides is 1. The third-order valence-corrected chi connectivity index (χ3v) is 7.91. The van der Waals surface area contributed by atoms with Gasteiger partial charge in [-0.2, -0.15) is 0 Å². The number of nitrogen functional groups attached to an aromatic ring is 1. The smallest absolute Gasteiger partial charge is 0.344 e. The number of rotatable bonds is 18. The Balaban J connectivity index is 1.62. The number of benzene rings is 2. The molecule has 12 heteroatoms. The van der Waals surface area contributed by atoms with Crippen LogP contribution in [0.2, 0.25) is 0 Å². The summed E-state index contributed by atoms with van der Waals surface area (Å²) in [7, 11) is 3.22. The number of fused-ring (bicyclic) bond motifs is 3. The van der Waals surface area contributed by atoms with Crippen LogP contribution in [0.4, 0.5) is 5.82 Å². The second-order valence-electron chi connectivity index (χ2n) is 10.8. The summed E-state index contributed by atoms with van der Waals surface area (Å²) in [5.41, 5.74) is 9.56. The first-order valence-electron chi connectivity index (χ1n) is 15.8. The molecule has 2 N–H and O–H groups in total. The average molecular weight is 635 g/mol. The minimum atomic E-state index is -0.465. The van der Waals surface area contributed by atoms with E-state index in [9.17, 15) is 9.59 Å². The van der Waals surface area contributed by atoms with Crippen molar-refractivity contribution in [3.05, 3.63) is 53.9 Å². The third-order valence-electron chi connectivity index (χ3n) is 7.91. The van der Waals surface area contributed by atoms with Gasteiger partial charge in [-0.25, -0.2) is 14.8 Å². The Labute approximate surface area is 270 Å². The second-order valence-corrected chi connectivity index (χ2v) is 10.8. The van der Waals surface area contributed by atoms with Crippen LogP contribution in [-0.4, -0.2) is 96.4 Å². The van der Waals surface area contributed by atoms with Crippen molar-refractivity contribution < 1.29 is 28.5 Å². The first-order chi connectivity index (χ1) is 22.3. The standard InChI is InChI=1S/C34H46N6O6/c1-6-38(7-2)22-29(41)39(21-24-13-11-16-27(33(24)44-5)46-23-30(42)45-8-3)18-12-19-40-28(17-20-43-4)37-31-32(40)25-14-9-10-15-26(25)36-34(31)35/h9-11,13-16H,6-8,12,17-23H2,1-5H3,(H2,35,36). The summed E-state index contributed by atoms with van der Waals surface area (Å²) in [5.74, 6) is 1.68. The maximum atomic E-state index is 13.8. The van der Waals surface area contributed by atoms with E-state index in [1.54, 1.807) is 27.2 Å². The molecule has 46 heavy (non-hydrogen) atoms. The Kier molecular flexibility index (Phi) is 12.6. The Morgan fingerprint density at radius 3 is 2.50 bits per heavy atom. The van der Waals surface area contributed by atoms with Crippen LogP contribution >= 0.6 is 0 Å². The number of esters is 1. The van der Waals surface area contributed by atoms with Gasteiger partial charge in [-0.3, -0.25) is 9.69 Å². The molecule has 248 valence electrons. The highest BCUT2D eigenvalue weighted by Gasteiger charge is 2.22. The number of hydrogen-bond donors (Lipinski definition) is 1. The number of carbonyl (C=O) groups excluding carboxylic acids is 2. The van der Waals surface area contributed by atoms with Gasteiger partial charge in [0.1, 0.15) is 11.3 Å². The average Bonchev–Trinajstić information content (AvgIpc) is 3.43. The molecule has 0 unspecified atom stereocenters. The zero-order valence-corrected chi connectivity index (χ0v) is 27.6. The van der Waals surface area contributed by atoms with Gasteiger partial charge < -0.3 is 34.1 Å². The lowest BCUT2D eigenvalue weighted by atomic mass is 10.1. The molecule has 2 aromatic heterocycles. The maximum absolute atomic E-state index is 13.8. The molecule has 0 saturated heterocycles. The summed E-state index contributed by atoms with van der Waals surface area (Å²) in [4.78, 5) is 39.1. The van der Waals surface area contributed by atoms with Crippen LogP contribution in [0, 0.1) is 0 Å². The number of aryl methyl sites for hydroxylation is 1. The number of para-hydroxylation sites is 2. The van der Waals surface area contributed by atoms with Gasteiger partial charge in [-0.05, 0) is 38.6 Å². The molecule has 12 nitrogen and oxygen atoms in total. The van der Waals surface area contributed by atoms with E-state index in [1.165, 1.54) is 0 Å². The minimum absolute atomic E-state index is 0.0117. The highest BCUT2D eigenvalue weighted by molar-refractivity contribution is 6.06. The van der Waals surface area contributed by atoms with E-state index in [2.05, 4.69) is 14.5 Å². The molecule has 0 radical (unpaired) electrons. The van der Waals surface area contributed by atoms with E-state index < -0.39 is 5.97 Å². The van der Waals surface area contributed by atoms with Gasteiger partial charge in [0.05, 0.1) is 37.9 Å². The first-order valence-corrected chi connectivity index (χ1v) is 15.8. The van der Waals surface area contributed by atoms with Crippen LogP contribution in [-0.2, 0) is 38.6 Å². The van der Waals surface area contributed by atoms with Gasteiger partial charge in [0.15, 0.2) is 23.9 Å². The van der Waals surface area contributed by atoms with Crippen molar-refractivity contribution in [3.63, 3.8) is 0 Å². The monoisotopic (exact) mass is 634 g/mol. The molecule has 0 spiro atoms. The zero-order valence-electron chi connectivity index (χ0n) is 27.6. The summed E-state index contributed by atoms with van der Waals surface area (Å²) in [6.45, 7) is 9.61. The van der Waals surface area contributed by atoms with Crippen LogP contribution in [0.15, 0.2) is 42.5 Å². The van der Waals surface area contributed by atoms with Crippen LogP contribution in [0.1, 0.15) is 38.6 Å². The number of imidazole rings is 1. The first kappa shape index (κ1) is 34.5. The molecule has 0 aliphatic carbocycles. The van der Waals surface area contributed by atoms with Crippen molar-refractivity contribution in [1.29, 1.82) is 0 Å². The molecule has 0 saturated carbocycles. The molecule has 0 fully saturated rings. The summed E-state index contributed by atoms with van der Waals surface area (Å²) in [6, 6.07) is 13.4. The van der Waals surface area contributed by atoms with E-state index in [0.717, 1.165) is 40.9 Å². The Morgan fingerprint density at radius 1 is 1.00 bits per heavy atom.